The molecule has 0 spiro atoms. The summed E-state index contributed by atoms with van der Waals surface area (Å²) < 4.78 is 15.5. The van der Waals surface area contributed by atoms with Crippen molar-refractivity contribution in [2.45, 2.75) is 58.3 Å². The van der Waals surface area contributed by atoms with Gasteiger partial charge in [0.05, 0.1) is 24.3 Å². The second kappa shape index (κ2) is 7.25. The highest BCUT2D eigenvalue weighted by Gasteiger charge is 2.53. The third-order valence-corrected chi connectivity index (χ3v) is 6.02. The van der Waals surface area contributed by atoms with E-state index in [-0.39, 0.29) is 18.1 Å². The van der Waals surface area contributed by atoms with Crippen molar-refractivity contribution in [3.8, 4) is 17.1 Å². The van der Waals surface area contributed by atoms with E-state index in [1.165, 1.54) is 0 Å². The minimum Gasteiger partial charge on any atom is -0.469 e. The smallest absolute Gasteiger partial charge is 0.410 e. The summed E-state index contributed by atoms with van der Waals surface area (Å²) in [5.41, 5.74) is 1.43. The first-order valence-corrected chi connectivity index (χ1v) is 10.4. The molecule has 1 saturated carbocycles. The number of rotatable bonds is 4. The zero-order valence-electron chi connectivity index (χ0n) is 19.2. The van der Waals surface area contributed by atoms with Gasteiger partial charge < -0.3 is 14.4 Å². The molecule has 4 rings (SSSR count). The van der Waals surface area contributed by atoms with Crippen LogP contribution < -0.4 is 4.74 Å². The van der Waals surface area contributed by atoms with Gasteiger partial charge in [-0.25, -0.2) is 14.3 Å². The lowest BCUT2D eigenvalue weighted by molar-refractivity contribution is -0.108. The lowest BCUT2D eigenvalue weighted by Gasteiger charge is -2.53. The van der Waals surface area contributed by atoms with E-state index in [1.807, 2.05) is 46.3 Å². The van der Waals surface area contributed by atoms with Crippen LogP contribution >= 0.6 is 0 Å². The fraction of sp³-hybridized carbons (Fsp3) is 0.545. The van der Waals surface area contributed by atoms with Crippen molar-refractivity contribution < 1.29 is 14.3 Å². The van der Waals surface area contributed by atoms with Crippen LogP contribution in [0.4, 0.5) is 4.79 Å². The Labute approximate surface area is 182 Å². The number of amides is 1. The number of carbonyl (C=O) groups excluding carboxylic acids is 1. The van der Waals surface area contributed by atoms with Crippen molar-refractivity contribution in [2.75, 3.05) is 7.05 Å². The Bertz CT molecular complexity index is 1110. The van der Waals surface area contributed by atoms with Gasteiger partial charge in [0, 0.05) is 44.2 Å². The first kappa shape index (κ1) is 21.1. The Morgan fingerprint density at radius 3 is 2.65 bits per heavy atom. The van der Waals surface area contributed by atoms with Crippen LogP contribution in [0.25, 0.3) is 16.8 Å². The average Bonchev–Trinajstić information content (AvgIpc) is 3.32. The van der Waals surface area contributed by atoms with Gasteiger partial charge in [0.1, 0.15) is 16.7 Å². The molecular weight excluding hydrogens is 396 g/mol. The van der Waals surface area contributed by atoms with Crippen LogP contribution in [0.5, 0.6) is 5.88 Å². The van der Waals surface area contributed by atoms with Gasteiger partial charge in [0.25, 0.3) is 0 Å². The van der Waals surface area contributed by atoms with Crippen LogP contribution in [-0.2, 0) is 11.8 Å². The van der Waals surface area contributed by atoms with Crippen LogP contribution in [0, 0.1) is 5.92 Å². The molecule has 0 N–H and O–H groups in total. The van der Waals surface area contributed by atoms with Crippen molar-refractivity contribution in [3.05, 3.63) is 30.9 Å². The van der Waals surface area contributed by atoms with Gasteiger partial charge in [-0.2, -0.15) is 10.2 Å². The second-order valence-corrected chi connectivity index (χ2v) is 9.56. The Kier molecular flexibility index (Phi) is 4.94. The van der Waals surface area contributed by atoms with E-state index in [9.17, 15) is 4.79 Å². The number of hydrogen-bond acceptors (Lipinski definition) is 6. The van der Waals surface area contributed by atoms with Crippen LogP contribution in [0.15, 0.2) is 30.9 Å². The lowest BCUT2D eigenvalue weighted by Crippen LogP contribution is -2.64. The summed E-state index contributed by atoms with van der Waals surface area (Å²) in [5, 5.41) is 8.60. The van der Waals surface area contributed by atoms with E-state index in [0.29, 0.717) is 12.3 Å². The standard InChI is InChI=1S/C22H30N6O3/c1-14-18(27(7)20(29)31-21(2,3)4)10-22(14,5)30-19-17-8-9-23-28(17)13-16(25-19)15-11-24-26(6)12-15/h8-9,11-14,18H,10H2,1-7H3/t14-,18-,22+/m1/s1. The first-order valence-electron chi connectivity index (χ1n) is 10.4. The summed E-state index contributed by atoms with van der Waals surface area (Å²) in [6, 6.07) is 1.91. The summed E-state index contributed by atoms with van der Waals surface area (Å²) in [7, 11) is 3.65. The van der Waals surface area contributed by atoms with E-state index in [0.717, 1.165) is 16.8 Å². The molecule has 31 heavy (non-hydrogen) atoms. The Hall–Kier alpha value is -3.10. The molecule has 3 atom stereocenters. The number of aromatic nitrogens is 5. The van der Waals surface area contributed by atoms with E-state index < -0.39 is 11.2 Å². The zero-order chi connectivity index (χ0) is 22.6. The third kappa shape index (κ3) is 3.96. The summed E-state index contributed by atoms with van der Waals surface area (Å²) in [5.74, 6) is 0.614. The Balaban J connectivity index is 1.56. The van der Waals surface area contributed by atoms with Crippen LogP contribution in [0.1, 0.15) is 41.0 Å². The molecule has 1 aliphatic carbocycles. The van der Waals surface area contributed by atoms with Gasteiger partial charge in [0.2, 0.25) is 5.88 Å². The number of nitrogens with zero attached hydrogens (tertiary/aromatic N) is 6. The Morgan fingerprint density at radius 1 is 1.29 bits per heavy atom. The first-order chi connectivity index (χ1) is 14.5. The van der Waals surface area contributed by atoms with Crippen molar-refractivity contribution in [3.63, 3.8) is 0 Å². The quantitative estimate of drug-likeness (QED) is 0.634. The summed E-state index contributed by atoms with van der Waals surface area (Å²) in [4.78, 5) is 18.9. The second-order valence-electron chi connectivity index (χ2n) is 9.56. The van der Waals surface area contributed by atoms with E-state index in [4.69, 9.17) is 14.5 Å². The topological polar surface area (TPSA) is 86.8 Å². The SMILES string of the molecule is C[C@@H]1[C@H](N(C)C(=O)OC(C)(C)C)C[C@]1(C)Oc1nc(-c2cnn(C)c2)cn2nccc12. The van der Waals surface area contributed by atoms with Gasteiger partial charge in [-0.1, -0.05) is 6.92 Å². The molecular formula is C22H30N6O3. The number of hydrogen-bond donors (Lipinski definition) is 0. The molecule has 0 bridgehead atoms. The highest BCUT2D eigenvalue weighted by atomic mass is 16.6. The molecule has 166 valence electrons. The van der Waals surface area contributed by atoms with Crippen LogP contribution in [-0.4, -0.2) is 59.7 Å². The molecule has 1 amide bonds. The van der Waals surface area contributed by atoms with Crippen LogP contribution in [0.3, 0.4) is 0 Å². The molecule has 1 fully saturated rings. The predicted molar refractivity (Wildman–Crippen MR) is 116 cm³/mol. The summed E-state index contributed by atoms with van der Waals surface area (Å²) in [6.45, 7) is 9.76. The van der Waals surface area contributed by atoms with Gasteiger partial charge in [-0.15, -0.1) is 0 Å². The van der Waals surface area contributed by atoms with Gasteiger partial charge >= 0.3 is 6.09 Å². The minimum absolute atomic E-state index is 0.0299. The molecule has 0 radical (unpaired) electrons. The number of carbonyl (C=O) groups is 1. The number of fused-ring (bicyclic) bond motifs is 1. The largest absolute Gasteiger partial charge is 0.469 e. The molecule has 3 heterocycles. The Morgan fingerprint density at radius 2 is 2.03 bits per heavy atom. The maximum absolute atomic E-state index is 12.5. The molecule has 0 unspecified atom stereocenters. The lowest BCUT2D eigenvalue weighted by atomic mass is 9.66. The van der Waals surface area contributed by atoms with E-state index in [1.54, 1.807) is 33.5 Å². The monoisotopic (exact) mass is 426 g/mol. The zero-order valence-corrected chi connectivity index (χ0v) is 19.2. The van der Waals surface area contributed by atoms with Crippen molar-refractivity contribution in [1.29, 1.82) is 0 Å². The third-order valence-electron chi connectivity index (χ3n) is 6.02. The van der Waals surface area contributed by atoms with Crippen molar-refractivity contribution in [1.82, 2.24) is 29.3 Å². The van der Waals surface area contributed by atoms with Crippen molar-refractivity contribution >= 4 is 11.6 Å². The normalized spacial score (nSPS) is 23.5. The molecule has 9 heteroatoms. The summed E-state index contributed by atoms with van der Waals surface area (Å²) >= 11 is 0. The molecule has 3 aromatic heterocycles. The average molecular weight is 427 g/mol. The molecule has 3 aromatic rings. The maximum atomic E-state index is 12.5. The fourth-order valence-electron chi connectivity index (χ4n) is 3.99. The molecule has 1 aliphatic rings. The number of ether oxygens (including phenoxy) is 2. The summed E-state index contributed by atoms with van der Waals surface area (Å²) in [6.07, 6.45) is 7.62. The maximum Gasteiger partial charge on any atom is 0.410 e. The highest BCUT2D eigenvalue weighted by Crippen LogP contribution is 2.45. The van der Waals surface area contributed by atoms with Crippen molar-refractivity contribution in [2.24, 2.45) is 13.0 Å². The fourth-order valence-corrected chi connectivity index (χ4v) is 3.99. The molecule has 0 aromatic carbocycles. The van der Waals surface area contributed by atoms with E-state index in [2.05, 4.69) is 24.0 Å². The number of aryl methyl sites for hydroxylation is 1. The predicted octanol–water partition coefficient (Wildman–Crippen LogP) is 3.54. The minimum atomic E-state index is -0.525. The molecule has 0 saturated heterocycles. The molecule has 0 aliphatic heterocycles. The highest BCUT2D eigenvalue weighted by molar-refractivity contribution is 5.68. The molecule has 9 nitrogen and oxygen atoms in total. The van der Waals surface area contributed by atoms with Gasteiger partial charge in [0.15, 0.2) is 0 Å². The van der Waals surface area contributed by atoms with E-state index >= 15 is 0 Å². The van der Waals surface area contributed by atoms with Gasteiger partial charge in [-0.05, 0) is 33.8 Å². The van der Waals surface area contributed by atoms with Crippen LogP contribution in [0.2, 0.25) is 0 Å². The van der Waals surface area contributed by atoms with Gasteiger partial charge in [-0.3, -0.25) is 4.68 Å².